The third-order valence-corrected chi connectivity index (χ3v) is 7.84. The summed E-state index contributed by atoms with van der Waals surface area (Å²) in [5.74, 6) is -46.5. The molecule has 0 aliphatic heterocycles. The van der Waals surface area contributed by atoms with E-state index in [1.54, 1.807) is 44.4 Å². The molecule has 0 amide bonds. The zero-order valence-electron chi connectivity index (χ0n) is 25.4. The summed E-state index contributed by atoms with van der Waals surface area (Å²) in [5, 5.41) is 0. The highest BCUT2D eigenvalue weighted by atomic mass is 19.2. The molecule has 0 spiro atoms. The molecule has 270 valence electrons. The van der Waals surface area contributed by atoms with Crippen LogP contribution in [-0.2, 0) is 15.9 Å². The zero-order chi connectivity index (χ0) is 37.5. The molecule has 0 aliphatic rings. The van der Waals surface area contributed by atoms with Crippen LogP contribution in [0.2, 0.25) is 0 Å². The molecule has 4 rings (SSSR count). The maximum Gasteiger partial charge on any atom is 0.216 e. The number of rotatable bonds is 12. The van der Waals surface area contributed by atoms with Gasteiger partial charge in [-0.25, -0.2) is 65.9 Å². The Morgan fingerprint density at radius 3 is 1.10 bits per heavy atom. The lowest BCUT2D eigenvalue weighted by Gasteiger charge is -2.44. The van der Waals surface area contributed by atoms with Gasteiger partial charge >= 0.3 is 0 Å². The Balaban J connectivity index is 1.95. The fourth-order valence-electron chi connectivity index (χ4n) is 5.47. The van der Waals surface area contributed by atoms with Gasteiger partial charge in [0.05, 0.1) is 27.3 Å². The minimum Gasteiger partial charge on any atom is -0.577 e. The van der Waals surface area contributed by atoms with Crippen LogP contribution in [-0.4, -0.2) is 51.3 Å². The number of benzene rings is 4. The monoisotopic (exact) mass is 735 g/mol. The van der Waals surface area contributed by atoms with Crippen molar-refractivity contribution in [3.05, 3.63) is 123 Å². The molecule has 0 N–H and O–H groups in total. The summed E-state index contributed by atoms with van der Waals surface area (Å²) in [4.78, 5) is 0. The molecule has 19 heteroatoms. The Morgan fingerprint density at radius 1 is 0.440 bits per heavy atom. The van der Waals surface area contributed by atoms with Crippen molar-refractivity contribution in [1.29, 1.82) is 0 Å². The Hall–Kier alpha value is -4.23. The van der Waals surface area contributed by atoms with Gasteiger partial charge in [-0.3, -0.25) is 0 Å². The van der Waals surface area contributed by atoms with E-state index in [1.165, 1.54) is 0 Å². The molecule has 50 heavy (non-hydrogen) atoms. The number of halogens is 15. The smallest absolute Gasteiger partial charge is 0.216 e. The topological polar surface area (TPSA) is 18.5 Å². The summed E-state index contributed by atoms with van der Waals surface area (Å²) in [5.41, 5.74) is -7.64. The third kappa shape index (κ3) is 6.65. The lowest BCUT2D eigenvalue weighted by Crippen LogP contribution is -2.75. The molecule has 0 bridgehead atoms. The summed E-state index contributed by atoms with van der Waals surface area (Å²) in [6, 6.07) is 8.88. The maximum absolute atomic E-state index is 15.5. The van der Waals surface area contributed by atoms with Gasteiger partial charge in [-0.2, -0.15) is 0 Å². The van der Waals surface area contributed by atoms with Crippen molar-refractivity contribution < 1.29 is 79.7 Å². The number of hydrogen-bond acceptors (Lipinski definition) is 2. The number of hydrogen-bond donors (Lipinski definition) is 0. The zero-order valence-corrected chi connectivity index (χ0v) is 25.4. The van der Waals surface area contributed by atoms with Gasteiger partial charge in [0.25, 0.3) is 0 Å². The molecule has 3 nitrogen and oxygen atoms in total. The Morgan fingerprint density at radius 2 is 0.760 bits per heavy atom. The first-order chi connectivity index (χ1) is 23.3. The van der Waals surface area contributed by atoms with Crippen molar-refractivity contribution in [3.63, 3.8) is 0 Å². The van der Waals surface area contributed by atoms with Crippen LogP contribution in [0.4, 0.5) is 65.9 Å². The van der Waals surface area contributed by atoms with Crippen LogP contribution >= 0.6 is 0 Å². The van der Waals surface area contributed by atoms with Crippen molar-refractivity contribution in [3.8, 4) is 0 Å². The number of likely N-dealkylation sites (N-methyl/N-ethyl adjacent to an activating group) is 1. The second-order valence-electron chi connectivity index (χ2n) is 11.5. The predicted molar refractivity (Wildman–Crippen MR) is 147 cm³/mol. The summed E-state index contributed by atoms with van der Waals surface area (Å²) in [7, 11) is 3.47. The quantitative estimate of drug-likeness (QED) is 0.0441. The molecule has 0 radical (unpaired) electrons. The molecule has 0 fully saturated rings. The lowest BCUT2D eigenvalue weighted by atomic mass is 9.27. The van der Waals surface area contributed by atoms with Gasteiger partial charge in [-0.05, 0) is 0 Å². The van der Waals surface area contributed by atoms with Crippen LogP contribution in [0.15, 0.2) is 30.3 Å². The highest BCUT2D eigenvalue weighted by Gasteiger charge is 2.49. The summed E-state index contributed by atoms with van der Waals surface area (Å²) in [6.45, 7) is -2.18. The Labute approximate surface area is 273 Å². The molecule has 0 heterocycles. The van der Waals surface area contributed by atoms with Crippen LogP contribution in [0.3, 0.4) is 0 Å². The van der Waals surface area contributed by atoms with E-state index in [-0.39, 0.29) is 17.6 Å². The van der Waals surface area contributed by atoms with Crippen molar-refractivity contribution in [1.82, 2.24) is 0 Å². The van der Waals surface area contributed by atoms with E-state index in [9.17, 15) is 39.5 Å². The fraction of sp³-hybridized carbons (Fsp3) is 0.226. The molecule has 4 aromatic rings. The van der Waals surface area contributed by atoms with Gasteiger partial charge in [0.2, 0.25) is 6.35 Å². The first-order valence-electron chi connectivity index (χ1n) is 14.1. The highest BCUT2D eigenvalue weighted by Crippen LogP contribution is 2.28. The summed E-state index contributed by atoms with van der Waals surface area (Å²) in [6.07, 6.45) is -6.08. The van der Waals surface area contributed by atoms with Gasteiger partial charge in [0, 0.05) is 12.2 Å². The van der Waals surface area contributed by atoms with Crippen molar-refractivity contribution in [2.75, 3.05) is 40.5 Å². The molecule has 0 unspecified atom stereocenters. The number of ether oxygens (including phenoxy) is 1. The van der Waals surface area contributed by atoms with E-state index >= 15 is 26.3 Å². The molecule has 0 saturated heterocycles. The second kappa shape index (κ2) is 14.6. The van der Waals surface area contributed by atoms with Crippen molar-refractivity contribution in [2.45, 2.75) is 6.54 Å². The van der Waals surface area contributed by atoms with E-state index in [2.05, 4.69) is 0 Å². The van der Waals surface area contributed by atoms with Crippen LogP contribution in [0.5, 0.6) is 0 Å². The average Bonchev–Trinajstić information content (AvgIpc) is 3.08. The van der Waals surface area contributed by atoms with E-state index in [0.29, 0.717) is 6.54 Å². The molecular weight excluding hydrogens is 714 g/mol. The maximum atomic E-state index is 15.5. The van der Waals surface area contributed by atoms with Crippen LogP contribution in [0.25, 0.3) is 0 Å². The van der Waals surface area contributed by atoms with Crippen LogP contribution in [0, 0.1) is 87.3 Å². The predicted octanol–water partition coefficient (Wildman–Crippen LogP) is 6.05. The Kier molecular flexibility index (Phi) is 11.2. The van der Waals surface area contributed by atoms with Crippen LogP contribution in [0.1, 0.15) is 5.56 Å². The highest BCUT2D eigenvalue weighted by molar-refractivity contribution is 7.07. The van der Waals surface area contributed by atoms with Crippen LogP contribution < -0.4 is 16.4 Å². The lowest BCUT2D eigenvalue weighted by molar-refractivity contribution is -0.904. The van der Waals surface area contributed by atoms with E-state index in [0.717, 1.165) is 5.56 Å². The number of nitrogens with zero attached hydrogens (tertiary/aromatic N) is 1. The largest absolute Gasteiger partial charge is 0.577 e. The molecule has 0 atom stereocenters. The summed E-state index contributed by atoms with van der Waals surface area (Å²) >= 11 is 0. The van der Waals surface area contributed by atoms with Crippen molar-refractivity contribution in [2.24, 2.45) is 0 Å². The SMILES string of the molecule is C[N+](C)(CCOCCO[B-](c1c(F)c(F)c(F)c(F)c1F)(c1c(F)c(F)c(F)c(F)c1F)c1c(F)c(F)c(F)c(F)c1F)Cc1ccccc1. The van der Waals surface area contributed by atoms with E-state index < -0.39 is 123 Å². The van der Waals surface area contributed by atoms with Gasteiger partial charge in [-0.15, -0.1) is 0 Å². The van der Waals surface area contributed by atoms with E-state index in [1.807, 2.05) is 0 Å². The van der Waals surface area contributed by atoms with E-state index in [4.69, 9.17) is 9.39 Å². The molecule has 0 aliphatic carbocycles. The van der Waals surface area contributed by atoms with Gasteiger partial charge in [0.1, 0.15) is 48.0 Å². The van der Waals surface area contributed by atoms with Gasteiger partial charge < -0.3 is 13.9 Å². The first-order valence-corrected chi connectivity index (χ1v) is 14.1. The molecule has 4 aromatic carbocycles. The number of quaternary nitrogens is 1. The third-order valence-electron chi connectivity index (χ3n) is 7.84. The molecule has 0 saturated carbocycles. The fourth-order valence-corrected chi connectivity index (χ4v) is 5.47. The van der Waals surface area contributed by atoms with Gasteiger partial charge in [-0.1, -0.05) is 46.7 Å². The first kappa shape index (κ1) is 38.6. The normalized spacial score (nSPS) is 12.3. The summed E-state index contributed by atoms with van der Waals surface area (Å²) < 4.78 is 233. The molecular formula is C31H21BF15NO2. The molecule has 0 aromatic heterocycles. The minimum atomic E-state index is -6.08. The minimum absolute atomic E-state index is 0.151. The Bertz CT molecular complexity index is 1690. The standard InChI is InChI=1S/C31H21BF15NO2/c1-48(2,12-13-6-4-3-5-7-13)8-9-49-10-11-50-32(14-17(33)23(39)29(45)24(40)18(14)34,15-19(35)25(41)30(46)26(42)20(15)36)16-21(37)27(43)31(47)28(44)22(16)38/h3-7H,8-12H2,1-2H3. The average molecular weight is 735 g/mol. The van der Waals surface area contributed by atoms with Gasteiger partial charge in [0.15, 0.2) is 52.4 Å². The second-order valence-corrected chi connectivity index (χ2v) is 11.5. The van der Waals surface area contributed by atoms with Crippen molar-refractivity contribution >= 4 is 22.7 Å².